The van der Waals surface area contributed by atoms with E-state index in [0.717, 1.165) is 5.56 Å². The van der Waals surface area contributed by atoms with E-state index < -0.39 is 0 Å². The van der Waals surface area contributed by atoms with Crippen molar-refractivity contribution in [2.24, 2.45) is 0 Å². The first-order valence-corrected chi connectivity index (χ1v) is 8.90. The Balaban J connectivity index is 1.68. The molecule has 2 aromatic rings. The molecule has 3 rings (SSSR count). The van der Waals surface area contributed by atoms with E-state index in [1.54, 1.807) is 35.4 Å². The summed E-state index contributed by atoms with van der Waals surface area (Å²) in [6.45, 7) is 6.31. The molecular formula is C20H25N3O3. The summed E-state index contributed by atoms with van der Waals surface area (Å²) in [7, 11) is 1.59. The van der Waals surface area contributed by atoms with Gasteiger partial charge in [-0.1, -0.05) is 19.9 Å². The van der Waals surface area contributed by atoms with Gasteiger partial charge < -0.3 is 19.5 Å². The van der Waals surface area contributed by atoms with Crippen LogP contribution in [0, 0.1) is 0 Å². The molecule has 6 heteroatoms. The van der Waals surface area contributed by atoms with Crippen molar-refractivity contribution in [2.75, 3.05) is 33.3 Å². The van der Waals surface area contributed by atoms with Gasteiger partial charge >= 0.3 is 0 Å². The van der Waals surface area contributed by atoms with Crippen molar-refractivity contribution in [3.63, 3.8) is 0 Å². The largest absolute Gasteiger partial charge is 0.496 e. The fourth-order valence-corrected chi connectivity index (χ4v) is 3.17. The quantitative estimate of drug-likeness (QED) is 0.917. The predicted octanol–water partition coefficient (Wildman–Crippen LogP) is 2.74. The number of carbonyl (C=O) groups is 2. The van der Waals surface area contributed by atoms with Gasteiger partial charge in [0.25, 0.3) is 11.8 Å². The minimum absolute atomic E-state index is 0.00258. The summed E-state index contributed by atoms with van der Waals surface area (Å²) in [5.74, 6) is 0.922. The zero-order chi connectivity index (χ0) is 18.7. The van der Waals surface area contributed by atoms with Crippen molar-refractivity contribution in [3.8, 4) is 5.75 Å². The van der Waals surface area contributed by atoms with Gasteiger partial charge in [-0.3, -0.25) is 9.59 Å². The Labute approximate surface area is 153 Å². The highest BCUT2D eigenvalue weighted by molar-refractivity contribution is 5.97. The van der Waals surface area contributed by atoms with Crippen LogP contribution in [0.15, 0.2) is 36.7 Å². The van der Waals surface area contributed by atoms with Gasteiger partial charge in [0.05, 0.1) is 18.2 Å². The van der Waals surface area contributed by atoms with Crippen LogP contribution in [-0.4, -0.2) is 59.9 Å². The summed E-state index contributed by atoms with van der Waals surface area (Å²) in [6.07, 6.45) is 3.43. The van der Waals surface area contributed by atoms with Crippen molar-refractivity contribution >= 4 is 11.8 Å². The van der Waals surface area contributed by atoms with E-state index >= 15 is 0 Å². The van der Waals surface area contributed by atoms with Gasteiger partial charge in [-0.25, -0.2) is 0 Å². The van der Waals surface area contributed by atoms with Crippen molar-refractivity contribution in [1.82, 2.24) is 14.8 Å². The smallest absolute Gasteiger partial charge is 0.257 e. The van der Waals surface area contributed by atoms with E-state index in [0.29, 0.717) is 49.0 Å². The summed E-state index contributed by atoms with van der Waals surface area (Å²) in [5, 5.41) is 0. The summed E-state index contributed by atoms with van der Waals surface area (Å²) in [5.41, 5.74) is 2.36. The molecule has 0 bridgehead atoms. The number of hydrogen-bond acceptors (Lipinski definition) is 3. The molecular weight excluding hydrogens is 330 g/mol. The number of methoxy groups -OCH3 is 1. The van der Waals surface area contributed by atoms with E-state index in [9.17, 15) is 9.59 Å². The molecule has 138 valence electrons. The van der Waals surface area contributed by atoms with Crippen LogP contribution in [0.2, 0.25) is 0 Å². The zero-order valence-electron chi connectivity index (χ0n) is 15.5. The van der Waals surface area contributed by atoms with Gasteiger partial charge in [-0.2, -0.15) is 0 Å². The van der Waals surface area contributed by atoms with Gasteiger partial charge in [-0.15, -0.1) is 0 Å². The lowest BCUT2D eigenvalue weighted by atomic mass is 10.0. The number of nitrogens with zero attached hydrogens (tertiary/aromatic N) is 2. The molecule has 0 saturated carbocycles. The number of carbonyl (C=O) groups excluding carboxylic acids is 2. The Hall–Kier alpha value is -2.76. The minimum atomic E-state index is -0.0501. The Morgan fingerprint density at radius 3 is 2.23 bits per heavy atom. The van der Waals surface area contributed by atoms with Crippen LogP contribution in [0.1, 0.15) is 46.0 Å². The summed E-state index contributed by atoms with van der Waals surface area (Å²) in [6, 6.07) is 7.52. The van der Waals surface area contributed by atoms with E-state index in [1.165, 1.54) is 0 Å². The number of ether oxygens (including phenoxy) is 1. The first kappa shape index (κ1) is 18.0. The third-order valence-corrected chi connectivity index (χ3v) is 4.82. The maximum absolute atomic E-state index is 12.9. The van der Waals surface area contributed by atoms with Crippen molar-refractivity contribution in [3.05, 3.63) is 53.3 Å². The lowest BCUT2D eigenvalue weighted by Gasteiger charge is -2.35. The van der Waals surface area contributed by atoms with Gasteiger partial charge in [-0.05, 0) is 29.7 Å². The van der Waals surface area contributed by atoms with Crippen LogP contribution in [0.25, 0.3) is 0 Å². The molecule has 1 aliphatic heterocycles. The molecule has 0 aliphatic carbocycles. The topological polar surface area (TPSA) is 65.6 Å². The van der Waals surface area contributed by atoms with E-state index in [1.807, 2.05) is 18.2 Å². The Morgan fingerprint density at radius 1 is 1.04 bits per heavy atom. The third kappa shape index (κ3) is 3.59. The lowest BCUT2D eigenvalue weighted by molar-refractivity contribution is 0.0533. The molecule has 1 saturated heterocycles. The average molecular weight is 355 g/mol. The van der Waals surface area contributed by atoms with Crippen LogP contribution < -0.4 is 4.74 Å². The van der Waals surface area contributed by atoms with Gasteiger partial charge in [0.2, 0.25) is 0 Å². The number of hydrogen-bond donors (Lipinski definition) is 1. The molecule has 1 N–H and O–H groups in total. The predicted molar refractivity (Wildman–Crippen MR) is 99.7 cm³/mol. The maximum Gasteiger partial charge on any atom is 0.257 e. The second kappa shape index (κ2) is 7.64. The highest BCUT2D eigenvalue weighted by Gasteiger charge is 2.27. The highest BCUT2D eigenvalue weighted by atomic mass is 16.5. The number of H-pyrrole nitrogens is 1. The number of nitrogens with one attached hydrogen (secondary N) is 1. The first-order chi connectivity index (χ1) is 12.5. The molecule has 6 nitrogen and oxygen atoms in total. The Morgan fingerprint density at radius 2 is 1.69 bits per heavy atom. The normalized spacial score (nSPS) is 14.6. The SMILES string of the molecule is COc1cc(C(C)C)ccc1C(=O)N1CCN(C(=O)c2cc[nH]c2)CC1. The molecule has 2 heterocycles. The maximum atomic E-state index is 12.9. The van der Waals surface area contributed by atoms with Crippen LogP contribution in [0.4, 0.5) is 0 Å². The second-order valence-electron chi connectivity index (χ2n) is 6.80. The second-order valence-corrected chi connectivity index (χ2v) is 6.80. The van der Waals surface area contributed by atoms with Crippen molar-refractivity contribution < 1.29 is 14.3 Å². The lowest BCUT2D eigenvalue weighted by Crippen LogP contribution is -2.50. The first-order valence-electron chi connectivity index (χ1n) is 8.90. The van der Waals surface area contributed by atoms with Gasteiger partial charge in [0.1, 0.15) is 5.75 Å². The highest BCUT2D eigenvalue weighted by Crippen LogP contribution is 2.26. The molecule has 2 amide bonds. The van der Waals surface area contributed by atoms with Crippen LogP contribution >= 0.6 is 0 Å². The molecule has 26 heavy (non-hydrogen) atoms. The Bertz CT molecular complexity index is 776. The fourth-order valence-electron chi connectivity index (χ4n) is 3.17. The molecule has 1 aromatic carbocycles. The summed E-state index contributed by atoms with van der Waals surface area (Å²) in [4.78, 5) is 31.8. The Kier molecular flexibility index (Phi) is 5.30. The summed E-state index contributed by atoms with van der Waals surface area (Å²) >= 11 is 0. The van der Waals surface area contributed by atoms with Gasteiger partial charge in [0, 0.05) is 38.6 Å². The number of aromatic nitrogens is 1. The average Bonchev–Trinajstić information content (AvgIpc) is 3.21. The molecule has 1 aromatic heterocycles. The number of rotatable bonds is 4. The van der Waals surface area contributed by atoms with E-state index in [4.69, 9.17) is 4.74 Å². The number of benzene rings is 1. The number of piperazine rings is 1. The van der Waals surface area contributed by atoms with Crippen LogP contribution in [0.3, 0.4) is 0 Å². The molecule has 1 fully saturated rings. The van der Waals surface area contributed by atoms with E-state index in [2.05, 4.69) is 18.8 Å². The van der Waals surface area contributed by atoms with Crippen molar-refractivity contribution in [2.45, 2.75) is 19.8 Å². The minimum Gasteiger partial charge on any atom is -0.496 e. The number of amides is 2. The fraction of sp³-hybridized carbons (Fsp3) is 0.400. The number of aromatic amines is 1. The third-order valence-electron chi connectivity index (χ3n) is 4.82. The van der Waals surface area contributed by atoms with Crippen molar-refractivity contribution in [1.29, 1.82) is 0 Å². The molecule has 0 atom stereocenters. The summed E-state index contributed by atoms with van der Waals surface area (Å²) < 4.78 is 5.44. The zero-order valence-corrected chi connectivity index (χ0v) is 15.5. The monoisotopic (exact) mass is 355 g/mol. The molecule has 0 radical (unpaired) electrons. The molecule has 1 aliphatic rings. The molecule has 0 spiro atoms. The van der Waals surface area contributed by atoms with Gasteiger partial charge in [0.15, 0.2) is 0 Å². The molecule has 0 unspecified atom stereocenters. The van der Waals surface area contributed by atoms with Crippen LogP contribution in [-0.2, 0) is 0 Å². The van der Waals surface area contributed by atoms with E-state index in [-0.39, 0.29) is 11.8 Å². The van der Waals surface area contributed by atoms with Crippen LogP contribution in [0.5, 0.6) is 5.75 Å². The standard InChI is InChI=1S/C20H25N3O3/c1-14(2)15-4-5-17(18(12-15)26-3)20(25)23-10-8-22(9-11-23)19(24)16-6-7-21-13-16/h4-7,12-14,21H,8-11H2,1-3H3.